The Labute approximate surface area is 120 Å². The van der Waals surface area contributed by atoms with Crippen molar-refractivity contribution in [1.29, 1.82) is 0 Å². The quantitative estimate of drug-likeness (QED) is 0.898. The molecule has 1 fully saturated rings. The van der Waals surface area contributed by atoms with Gasteiger partial charge >= 0.3 is 0 Å². The van der Waals surface area contributed by atoms with E-state index < -0.39 is 10.0 Å². The maximum Gasteiger partial charge on any atom is 0.208 e. The van der Waals surface area contributed by atoms with Crippen LogP contribution in [0, 0.1) is 11.7 Å². The van der Waals surface area contributed by atoms with Gasteiger partial charge in [-0.25, -0.2) is 17.5 Å². The lowest BCUT2D eigenvalue weighted by molar-refractivity contribution is 0.167. The molecule has 1 aliphatic rings. The number of hydrogen-bond donors (Lipinski definition) is 1. The molecule has 1 atom stereocenters. The highest BCUT2D eigenvalue weighted by Gasteiger charge is 2.21. The first kappa shape index (κ1) is 15.4. The van der Waals surface area contributed by atoms with Crippen molar-refractivity contribution in [2.45, 2.75) is 19.4 Å². The Bertz CT molecular complexity index is 548. The molecule has 1 aliphatic heterocycles. The molecule has 1 saturated heterocycles. The lowest BCUT2D eigenvalue weighted by Crippen LogP contribution is -2.40. The largest absolute Gasteiger partial charge is 0.299 e. The first-order valence-electron chi connectivity index (χ1n) is 6.84. The van der Waals surface area contributed by atoms with E-state index in [-0.39, 0.29) is 5.82 Å². The van der Waals surface area contributed by atoms with E-state index in [9.17, 15) is 12.8 Å². The summed E-state index contributed by atoms with van der Waals surface area (Å²) in [4.78, 5) is 2.19. The van der Waals surface area contributed by atoms with Gasteiger partial charge in [0.05, 0.1) is 6.26 Å². The Kier molecular flexibility index (Phi) is 5.12. The molecule has 1 unspecified atom stereocenters. The maximum atomic E-state index is 13.6. The molecule has 0 amide bonds. The zero-order valence-corrected chi connectivity index (χ0v) is 12.5. The molecular weight excluding hydrogens is 279 g/mol. The van der Waals surface area contributed by atoms with E-state index in [2.05, 4.69) is 9.62 Å². The average molecular weight is 300 g/mol. The Morgan fingerprint density at radius 2 is 2.15 bits per heavy atom. The van der Waals surface area contributed by atoms with Gasteiger partial charge in [-0.15, -0.1) is 0 Å². The Hall–Kier alpha value is -0.980. The molecule has 0 bridgehead atoms. The highest BCUT2D eigenvalue weighted by atomic mass is 32.2. The van der Waals surface area contributed by atoms with E-state index in [0.29, 0.717) is 24.6 Å². The highest BCUT2D eigenvalue weighted by Crippen LogP contribution is 2.19. The van der Waals surface area contributed by atoms with Crippen LogP contribution in [-0.2, 0) is 16.6 Å². The monoisotopic (exact) mass is 300 g/mol. The number of piperidine rings is 1. The summed E-state index contributed by atoms with van der Waals surface area (Å²) in [5.41, 5.74) is 0.698. The zero-order valence-electron chi connectivity index (χ0n) is 11.7. The summed E-state index contributed by atoms with van der Waals surface area (Å²) in [5, 5.41) is 0. The summed E-state index contributed by atoms with van der Waals surface area (Å²) < 4.78 is 38.4. The summed E-state index contributed by atoms with van der Waals surface area (Å²) in [6.07, 6.45) is 3.20. The van der Waals surface area contributed by atoms with Crippen LogP contribution >= 0.6 is 0 Å². The van der Waals surface area contributed by atoms with Gasteiger partial charge in [-0.2, -0.15) is 0 Å². The van der Waals surface area contributed by atoms with Crippen molar-refractivity contribution in [2.24, 2.45) is 5.92 Å². The molecule has 112 valence electrons. The van der Waals surface area contributed by atoms with Crippen molar-refractivity contribution in [3.63, 3.8) is 0 Å². The van der Waals surface area contributed by atoms with Crippen LogP contribution in [0.4, 0.5) is 4.39 Å². The minimum atomic E-state index is -3.14. The molecule has 1 aromatic rings. The Balaban J connectivity index is 1.89. The van der Waals surface area contributed by atoms with Crippen molar-refractivity contribution >= 4 is 10.0 Å². The van der Waals surface area contributed by atoms with Crippen LogP contribution in [0.25, 0.3) is 0 Å². The Morgan fingerprint density at radius 3 is 2.85 bits per heavy atom. The number of sulfonamides is 1. The minimum Gasteiger partial charge on any atom is -0.299 e. The SMILES string of the molecule is CS(=O)(=O)NCC1CCCN(Cc2ccccc2F)C1. The van der Waals surface area contributed by atoms with Crippen LogP contribution in [0.3, 0.4) is 0 Å². The molecule has 1 heterocycles. The molecule has 0 aliphatic carbocycles. The molecule has 20 heavy (non-hydrogen) atoms. The van der Waals surface area contributed by atoms with Crippen molar-refractivity contribution in [3.05, 3.63) is 35.6 Å². The molecule has 1 aromatic carbocycles. The molecule has 4 nitrogen and oxygen atoms in total. The van der Waals surface area contributed by atoms with E-state index in [1.165, 1.54) is 12.3 Å². The van der Waals surface area contributed by atoms with Crippen LogP contribution in [0.1, 0.15) is 18.4 Å². The number of likely N-dealkylation sites (tertiary alicyclic amines) is 1. The standard InChI is InChI=1S/C14H21FN2O2S/c1-20(18,19)16-9-12-5-4-8-17(10-12)11-13-6-2-3-7-14(13)15/h2-3,6-7,12,16H,4-5,8-11H2,1H3. The summed E-state index contributed by atoms with van der Waals surface area (Å²) in [7, 11) is -3.14. The van der Waals surface area contributed by atoms with Gasteiger partial charge in [-0.1, -0.05) is 18.2 Å². The van der Waals surface area contributed by atoms with Crippen LogP contribution in [0.2, 0.25) is 0 Å². The number of halogens is 1. The number of nitrogens with zero attached hydrogens (tertiary/aromatic N) is 1. The molecule has 6 heteroatoms. The van der Waals surface area contributed by atoms with Crippen LogP contribution in [-0.4, -0.2) is 39.2 Å². The molecule has 0 saturated carbocycles. The number of benzene rings is 1. The van der Waals surface area contributed by atoms with Gasteiger partial charge in [0.1, 0.15) is 5.82 Å². The molecule has 0 aromatic heterocycles. The lowest BCUT2D eigenvalue weighted by atomic mass is 9.98. The van der Waals surface area contributed by atoms with Gasteiger partial charge in [-0.05, 0) is 31.4 Å². The molecule has 2 rings (SSSR count). The van der Waals surface area contributed by atoms with Gasteiger partial charge in [-0.3, -0.25) is 4.90 Å². The third kappa shape index (κ3) is 4.85. The van der Waals surface area contributed by atoms with Gasteiger partial charge in [0, 0.05) is 25.2 Å². The smallest absolute Gasteiger partial charge is 0.208 e. The van der Waals surface area contributed by atoms with Crippen molar-refractivity contribution in [3.8, 4) is 0 Å². The van der Waals surface area contributed by atoms with Crippen LogP contribution < -0.4 is 4.72 Å². The third-order valence-corrected chi connectivity index (χ3v) is 4.28. The van der Waals surface area contributed by atoms with E-state index in [1.54, 1.807) is 12.1 Å². The topological polar surface area (TPSA) is 49.4 Å². The van der Waals surface area contributed by atoms with E-state index >= 15 is 0 Å². The first-order chi connectivity index (χ1) is 9.44. The van der Waals surface area contributed by atoms with Crippen LogP contribution in [0.5, 0.6) is 0 Å². The fourth-order valence-electron chi connectivity index (χ4n) is 2.60. The Morgan fingerprint density at radius 1 is 1.40 bits per heavy atom. The van der Waals surface area contributed by atoms with E-state index in [0.717, 1.165) is 25.9 Å². The summed E-state index contributed by atoms with van der Waals surface area (Å²) in [5.74, 6) is 0.120. The number of rotatable bonds is 5. The second-order valence-corrected chi connectivity index (χ2v) is 7.29. The van der Waals surface area contributed by atoms with Crippen LogP contribution in [0.15, 0.2) is 24.3 Å². The van der Waals surface area contributed by atoms with E-state index in [4.69, 9.17) is 0 Å². The van der Waals surface area contributed by atoms with E-state index in [1.807, 2.05) is 6.07 Å². The highest BCUT2D eigenvalue weighted by molar-refractivity contribution is 7.88. The number of hydrogen-bond acceptors (Lipinski definition) is 3. The maximum absolute atomic E-state index is 13.6. The second kappa shape index (κ2) is 6.65. The van der Waals surface area contributed by atoms with Gasteiger partial charge in [0.2, 0.25) is 10.0 Å². The summed E-state index contributed by atoms with van der Waals surface area (Å²) in [6, 6.07) is 6.80. The predicted molar refractivity (Wildman–Crippen MR) is 77.2 cm³/mol. The van der Waals surface area contributed by atoms with Gasteiger partial charge < -0.3 is 0 Å². The number of nitrogens with one attached hydrogen (secondary N) is 1. The van der Waals surface area contributed by atoms with Gasteiger partial charge in [0.15, 0.2) is 0 Å². The normalized spacial score (nSPS) is 21.0. The third-order valence-electron chi connectivity index (χ3n) is 3.59. The minimum absolute atomic E-state index is 0.177. The average Bonchev–Trinajstić information content (AvgIpc) is 2.39. The van der Waals surface area contributed by atoms with Crippen molar-refractivity contribution < 1.29 is 12.8 Å². The lowest BCUT2D eigenvalue weighted by Gasteiger charge is -2.32. The molecular formula is C14H21FN2O2S. The first-order valence-corrected chi connectivity index (χ1v) is 8.73. The summed E-state index contributed by atoms with van der Waals surface area (Å²) >= 11 is 0. The fraction of sp³-hybridized carbons (Fsp3) is 0.571. The fourth-order valence-corrected chi connectivity index (χ4v) is 3.14. The second-order valence-electron chi connectivity index (χ2n) is 5.46. The molecule has 0 spiro atoms. The summed E-state index contributed by atoms with van der Waals surface area (Å²) in [6.45, 7) is 2.79. The van der Waals surface area contributed by atoms with Crippen molar-refractivity contribution in [1.82, 2.24) is 9.62 Å². The van der Waals surface area contributed by atoms with Crippen molar-refractivity contribution in [2.75, 3.05) is 25.9 Å². The predicted octanol–water partition coefficient (Wildman–Crippen LogP) is 1.59. The van der Waals surface area contributed by atoms with Gasteiger partial charge in [0.25, 0.3) is 0 Å². The molecule has 0 radical (unpaired) electrons. The molecule has 1 N–H and O–H groups in total. The zero-order chi connectivity index (χ0) is 14.6.